The summed E-state index contributed by atoms with van der Waals surface area (Å²) in [5.41, 5.74) is 2.51. The molecule has 0 radical (unpaired) electrons. The van der Waals surface area contributed by atoms with E-state index in [0.29, 0.717) is 21.8 Å². The first-order valence-electron chi connectivity index (χ1n) is 8.94. The number of imidazole rings is 1. The van der Waals surface area contributed by atoms with E-state index in [-0.39, 0.29) is 5.56 Å². The van der Waals surface area contributed by atoms with E-state index < -0.39 is 0 Å². The number of para-hydroxylation sites is 2. The van der Waals surface area contributed by atoms with Gasteiger partial charge >= 0.3 is 0 Å². The van der Waals surface area contributed by atoms with Gasteiger partial charge in [-0.05, 0) is 42.3 Å². The largest absolute Gasteiger partial charge is 0.493 e. The van der Waals surface area contributed by atoms with Crippen LogP contribution in [-0.4, -0.2) is 23.1 Å². The zero-order chi connectivity index (χ0) is 18.8. The van der Waals surface area contributed by atoms with Gasteiger partial charge in [0.05, 0.1) is 29.3 Å². The predicted molar refractivity (Wildman–Crippen MR) is 109 cm³/mol. The second kappa shape index (κ2) is 7.40. The molecule has 0 atom stereocenters. The number of benzene rings is 2. The van der Waals surface area contributed by atoms with E-state index in [0.717, 1.165) is 35.2 Å². The predicted octanol–water partition coefficient (Wildman–Crippen LogP) is 3.64. The van der Waals surface area contributed by atoms with Crippen LogP contribution >= 0.6 is 11.3 Å². The number of rotatable bonds is 6. The van der Waals surface area contributed by atoms with Gasteiger partial charge in [0, 0.05) is 0 Å². The van der Waals surface area contributed by atoms with Gasteiger partial charge in [0.1, 0.15) is 0 Å². The van der Waals surface area contributed by atoms with Crippen LogP contribution in [0, 0.1) is 0 Å². The summed E-state index contributed by atoms with van der Waals surface area (Å²) in [4.78, 5) is 18.1. The molecule has 4 aromatic rings. The third-order valence-corrected chi connectivity index (χ3v) is 5.35. The number of nitrogens with zero attached hydrogens (tertiary/aromatic N) is 2. The number of unbranched alkanes of at least 4 members (excludes halogenated alkanes) is 1. The van der Waals surface area contributed by atoms with E-state index in [4.69, 9.17) is 9.47 Å². The lowest BCUT2D eigenvalue weighted by Crippen LogP contribution is -2.22. The second-order valence-electron chi connectivity index (χ2n) is 6.25. The van der Waals surface area contributed by atoms with Crippen LogP contribution in [0.2, 0.25) is 0 Å². The SMILES string of the molecule is CCCCOc1ccc(/C=c2/sc3nc4ccccc4n3c2=O)cc1OC. The first-order chi connectivity index (χ1) is 13.2. The molecule has 0 saturated heterocycles. The molecule has 2 aromatic heterocycles. The molecule has 0 aliphatic carbocycles. The molecule has 4 rings (SSSR count). The van der Waals surface area contributed by atoms with E-state index in [1.54, 1.807) is 11.5 Å². The summed E-state index contributed by atoms with van der Waals surface area (Å²) in [6, 6.07) is 13.4. The van der Waals surface area contributed by atoms with Crippen LogP contribution in [0.5, 0.6) is 11.5 Å². The van der Waals surface area contributed by atoms with Crippen molar-refractivity contribution >= 4 is 33.4 Å². The van der Waals surface area contributed by atoms with Crippen molar-refractivity contribution in [2.24, 2.45) is 0 Å². The quantitative estimate of drug-likeness (QED) is 0.479. The fourth-order valence-electron chi connectivity index (χ4n) is 2.98. The second-order valence-corrected chi connectivity index (χ2v) is 7.26. The van der Waals surface area contributed by atoms with Gasteiger partial charge in [-0.3, -0.25) is 4.79 Å². The number of fused-ring (bicyclic) bond motifs is 3. The third-order valence-electron chi connectivity index (χ3n) is 4.39. The van der Waals surface area contributed by atoms with Gasteiger partial charge in [-0.15, -0.1) is 0 Å². The standard InChI is InChI=1S/C21H20N2O3S/c1-3-4-11-26-17-10-9-14(12-18(17)25-2)13-19-20(24)23-16-8-6-5-7-15(16)22-21(23)27-19/h5-10,12-13H,3-4,11H2,1-2H3/b19-13+. The molecule has 138 valence electrons. The number of ether oxygens (including phenoxy) is 2. The van der Waals surface area contributed by atoms with Crippen molar-refractivity contribution in [3.63, 3.8) is 0 Å². The van der Waals surface area contributed by atoms with E-state index in [2.05, 4.69) is 11.9 Å². The Morgan fingerprint density at radius 3 is 2.85 bits per heavy atom. The molecule has 6 heteroatoms. The number of thiazole rings is 1. The molecular formula is C21H20N2O3S. The Bertz CT molecular complexity index is 1210. The zero-order valence-corrected chi connectivity index (χ0v) is 16.1. The van der Waals surface area contributed by atoms with Gasteiger partial charge in [0.2, 0.25) is 0 Å². The fourth-order valence-corrected chi connectivity index (χ4v) is 3.97. The molecule has 0 unspecified atom stereocenters. The van der Waals surface area contributed by atoms with Crippen molar-refractivity contribution < 1.29 is 9.47 Å². The smallest absolute Gasteiger partial charge is 0.274 e. The van der Waals surface area contributed by atoms with Gasteiger partial charge in [0.25, 0.3) is 5.56 Å². The first kappa shape index (κ1) is 17.5. The number of methoxy groups -OCH3 is 1. The van der Waals surface area contributed by atoms with Gasteiger partial charge in [-0.1, -0.05) is 42.9 Å². The molecule has 0 spiro atoms. The lowest BCUT2D eigenvalue weighted by atomic mass is 10.2. The zero-order valence-electron chi connectivity index (χ0n) is 15.3. The van der Waals surface area contributed by atoms with Gasteiger partial charge in [-0.25, -0.2) is 9.38 Å². The molecule has 5 nitrogen and oxygen atoms in total. The molecule has 0 N–H and O–H groups in total. The van der Waals surface area contributed by atoms with Crippen molar-refractivity contribution in [2.45, 2.75) is 19.8 Å². The highest BCUT2D eigenvalue weighted by molar-refractivity contribution is 7.15. The molecule has 0 saturated carbocycles. The fraction of sp³-hybridized carbons (Fsp3) is 0.238. The number of hydrogen-bond donors (Lipinski definition) is 0. The van der Waals surface area contributed by atoms with Crippen molar-refractivity contribution in [1.29, 1.82) is 0 Å². The summed E-state index contributed by atoms with van der Waals surface area (Å²) in [7, 11) is 1.62. The minimum atomic E-state index is -0.0501. The Morgan fingerprint density at radius 1 is 1.19 bits per heavy atom. The summed E-state index contributed by atoms with van der Waals surface area (Å²) in [5, 5.41) is 0. The Labute approximate surface area is 160 Å². The molecule has 27 heavy (non-hydrogen) atoms. The minimum Gasteiger partial charge on any atom is -0.493 e. The van der Waals surface area contributed by atoms with Crippen LogP contribution in [0.3, 0.4) is 0 Å². The summed E-state index contributed by atoms with van der Waals surface area (Å²) >= 11 is 1.39. The van der Waals surface area contributed by atoms with E-state index in [9.17, 15) is 4.79 Å². The van der Waals surface area contributed by atoms with E-state index >= 15 is 0 Å². The normalized spacial score (nSPS) is 12.1. The summed E-state index contributed by atoms with van der Waals surface area (Å²) in [6.45, 7) is 2.79. The highest BCUT2D eigenvalue weighted by Gasteiger charge is 2.11. The molecule has 0 aliphatic heterocycles. The summed E-state index contributed by atoms with van der Waals surface area (Å²) in [6.07, 6.45) is 3.95. The van der Waals surface area contributed by atoms with Crippen LogP contribution in [0.15, 0.2) is 47.3 Å². The highest BCUT2D eigenvalue weighted by Crippen LogP contribution is 2.28. The van der Waals surface area contributed by atoms with Crippen LogP contribution in [-0.2, 0) is 0 Å². The third kappa shape index (κ3) is 3.28. The Morgan fingerprint density at radius 2 is 2.04 bits per heavy atom. The number of hydrogen-bond acceptors (Lipinski definition) is 5. The summed E-state index contributed by atoms with van der Waals surface area (Å²) < 4.78 is 13.5. The van der Waals surface area contributed by atoms with Crippen LogP contribution in [0.4, 0.5) is 0 Å². The highest BCUT2D eigenvalue weighted by atomic mass is 32.1. The minimum absolute atomic E-state index is 0.0501. The molecular weight excluding hydrogens is 360 g/mol. The first-order valence-corrected chi connectivity index (χ1v) is 9.75. The van der Waals surface area contributed by atoms with Crippen molar-refractivity contribution in [1.82, 2.24) is 9.38 Å². The molecule has 2 heterocycles. The van der Waals surface area contributed by atoms with E-state index in [1.165, 1.54) is 11.3 Å². The van der Waals surface area contributed by atoms with Gasteiger partial charge in [-0.2, -0.15) is 0 Å². The average Bonchev–Trinajstić information content (AvgIpc) is 3.19. The molecule has 0 fully saturated rings. The van der Waals surface area contributed by atoms with Crippen LogP contribution in [0.25, 0.3) is 22.1 Å². The Hall–Kier alpha value is -2.86. The van der Waals surface area contributed by atoms with Crippen LogP contribution in [0.1, 0.15) is 25.3 Å². The average molecular weight is 380 g/mol. The van der Waals surface area contributed by atoms with Gasteiger partial charge in [0.15, 0.2) is 16.5 Å². The van der Waals surface area contributed by atoms with Crippen molar-refractivity contribution in [2.75, 3.05) is 13.7 Å². The number of aromatic nitrogens is 2. The molecule has 0 bridgehead atoms. The van der Waals surface area contributed by atoms with E-state index in [1.807, 2.05) is 48.5 Å². The molecule has 2 aromatic carbocycles. The van der Waals surface area contributed by atoms with Crippen molar-refractivity contribution in [3.05, 3.63) is 62.9 Å². The topological polar surface area (TPSA) is 52.8 Å². The molecule has 0 aliphatic rings. The lowest BCUT2D eigenvalue weighted by molar-refractivity contribution is 0.288. The Balaban J connectivity index is 1.75. The van der Waals surface area contributed by atoms with Crippen molar-refractivity contribution in [3.8, 4) is 11.5 Å². The Kier molecular flexibility index (Phi) is 4.81. The van der Waals surface area contributed by atoms with Crippen LogP contribution < -0.4 is 19.6 Å². The lowest BCUT2D eigenvalue weighted by Gasteiger charge is -2.10. The monoisotopic (exact) mass is 380 g/mol. The maximum absolute atomic E-state index is 12.8. The van der Waals surface area contributed by atoms with Gasteiger partial charge < -0.3 is 9.47 Å². The molecule has 0 amide bonds. The maximum Gasteiger partial charge on any atom is 0.274 e. The summed E-state index contributed by atoms with van der Waals surface area (Å²) in [5.74, 6) is 1.39. The maximum atomic E-state index is 12.8.